The van der Waals surface area contributed by atoms with Crippen LogP contribution in [-0.2, 0) is 6.42 Å². The van der Waals surface area contributed by atoms with Gasteiger partial charge >= 0.3 is 0 Å². The second kappa shape index (κ2) is 4.01. The zero-order chi connectivity index (χ0) is 11.5. The Morgan fingerprint density at radius 1 is 1.50 bits per heavy atom. The molecule has 0 aliphatic heterocycles. The highest BCUT2D eigenvalue weighted by Gasteiger charge is 2.12. The van der Waals surface area contributed by atoms with E-state index in [2.05, 4.69) is 10.2 Å². The largest absolute Gasteiger partial charge is 0.469 e. The monoisotopic (exact) mass is 218 g/mol. The van der Waals surface area contributed by atoms with E-state index in [-0.39, 0.29) is 11.3 Å². The van der Waals surface area contributed by atoms with Crippen LogP contribution in [0.25, 0.3) is 0 Å². The molecule has 0 saturated heterocycles. The van der Waals surface area contributed by atoms with Crippen LogP contribution >= 0.6 is 0 Å². The molecule has 82 valence electrons. The minimum atomic E-state index is -0.618. The van der Waals surface area contributed by atoms with Gasteiger partial charge in [0.05, 0.1) is 35.8 Å². The lowest BCUT2D eigenvalue weighted by atomic mass is 10.1. The van der Waals surface area contributed by atoms with Gasteiger partial charge in [0.15, 0.2) is 0 Å². The van der Waals surface area contributed by atoms with Gasteiger partial charge in [-0.15, -0.1) is 0 Å². The summed E-state index contributed by atoms with van der Waals surface area (Å²) in [6.45, 7) is 0. The molecule has 0 saturated carbocycles. The second-order valence-electron chi connectivity index (χ2n) is 3.24. The summed E-state index contributed by atoms with van der Waals surface area (Å²) in [4.78, 5) is 11.0. The van der Waals surface area contributed by atoms with Crippen molar-refractivity contribution in [2.24, 2.45) is 5.73 Å². The van der Waals surface area contributed by atoms with Crippen molar-refractivity contribution >= 4 is 11.6 Å². The fraction of sp³-hybridized carbons (Fsp3) is 0.100. The zero-order valence-electron chi connectivity index (χ0n) is 8.38. The summed E-state index contributed by atoms with van der Waals surface area (Å²) in [6, 6.07) is 3.55. The first-order valence-corrected chi connectivity index (χ1v) is 4.60. The molecule has 0 aromatic carbocycles. The Bertz CT molecular complexity index is 508. The first kappa shape index (κ1) is 10.2. The average Bonchev–Trinajstić information content (AvgIpc) is 2.73. The predicted molar refractivity (Wildman–Crippen MR) is 56.5 cm³/mol. The number of nitrogens with zero attached hydrogens (tertiary/aromatic N) is 2. The molecule has 0 unspecified atom stereocenters. The van der Waals surface area contributed by atoms with Gasteiger partial charge in [0.2, 0.25) is 0 Å². The number of hydrogen-bond acceptors (Lipinski definition) is 5. The van der Waals surface area contributed by atoms with Crippen LogP contribution in [0.5, 0.6) is 0 Å². The molecule has 6 heteroatoms. The van der Waals surface area contributed by atoms with Crippen molar-refractivity contribution in [2.45, 2.75) is 6.42 Å². The molecule has 0 spiro atoms. The molecule has 2 aromatic rings. The van der Waals surface area contributed by atoms with Gasteiger partial charge in [-0.2, -0.15) is 10.2 Å². The molecule has 0 fully saturated rings. The van der Waals surface area contributed by atoms with Crippen molar-refractivity contribution in [3.05, 3.63) is 41.6 Å². The molecule has 0 atom stereocenters. The summed E-state index contributed by atoms with van der Waals surface area (Å²) in [5, 5.41) is 7.53. The number of aromatic nitrogens is 2. The Balaban J connectivity index is 2.35. The SMILES string of the molecule is NC(=O)c1cnnc(Cc2ccco2)c1N. The van der Waals surface area contributed by atoms with Crippen molar-refractivity contribution in [1.29, 1.82) is 0 Å². The van der Waals surface area contributed by atoms with E-state index < -0.39 is 5.91 Å². The van der Waals surface area contributed by atoms with E-state index in [1.807, 2.05) is 0 Å². The molecular weight excluding hydrogens is 208 g/mol. The van der Waals surface area contributed by atoms with Gasteiger partial charge in [-0.1, -0.05) is 0 Å². The molecule has 16 heavy (non-hydrogen) atoms. The normalized spacial score (nSPS) is 10.2. The summed E-state index contributed by atoms with van der Waals surface area (Å²) in [7, 11) is 0. The van der Waals surface area contributed by atoms with Crippen molar-refractivity contribution in [1.82, 2.24) is 10.2 Å². The van der Waals surface area contributed by atoms with E-state index in [4.69, 9.17) is 15.9 Å². The number of carbonyl (C=O) groups excluding carboxylic acids is 1. The van der Waals surface area contributed by atoms with Gasteiger partial charge in [0.25, 0.3) is 5.91 Å². The van der Waals surface area contributed by atoms with Crippen LogP contribution in [0, 0.1) is 0 Å². The third-order valence-electron chi connectivity index (χ3n) is 2.15. The maximum Gasteiger partial charge on any atom is 0.252 e. The Morgan fingerprint density at radius 3 is 2.94 bits per heavy atom. The number of anilines is 1. The van der Waals surface area contributed by atoms with Crippen molar-refractivity contribution < 1.29 is 9.21 Å². The molecular formula is C10H10N4O2. The molecule has 4 N–H and O–H groups in total. The van der Waals surface area contributed by atoms with Gasteiger partial charge in [-0.3, -0.25) is 4.79 Å². The third-order valence-corrected chi connectivity index (χ3v) is 2.15. The van der Waals surface area contributed by atoms with Gasteiger partial charge in [0, 0.05) is 0 Å². The number of primary amides is 1. The van der Waals surface area contributed by atoms with Crippen LogP contribution in [0.1, 0.15) is 21.8 Å². The molecule has 6 nitrogen and oxygen atoms in total. The van der Waals surface area contributed by atoms with E-state index in [0.29, 0.717) is 17.9 Å². The van der Waals surface area contributed by atoms with Crippen LogP contribution in [0.2, 0.25) is 0 Å². The number of amides is 1. The van der Waals surface area contributed by atoms with Crippen LogP contribution in [0.4, 0.5) is 5.69 Å². The topological polar surface area (TPSA) is 108 Å². The van der Waals surface area contributed by atoms with Gasteiger partial charge < -0.3 is 15.9 Å². The molecule has 2 heterocycles. The fourth-order valence-electron chi connectivity index (χ4n) is 1.34. The van der Waals surface area contributed by atoms with Gasteiger partial charge in [-0.05, 0) is 12.1 Å². The third kappa shape index (κ3) is 1.85. The summed E-state index contributed by atoms with van der Waals surface area (Å²) in [5.74, 6) is 0.0794. The molecule has 0 aliphatic carbocycles. The second-order valence-corrected chi connectivity index (χ2v) is 3.24. The zero-order valence-corrected chi connectivity index (χ0v) is 8.38. The molecule has 1 amide bonds. The number of nitrogens with two attached hydrogens (primary N) is 2. The predicted octanol–water partition coefficient (Wildman–Crippen LogP) is 0.342. The van der Waals surface area contributed by atoms with E-state index in [9.17, 15) is 4.79 Å². The molecule has 0 aliphatic rings. The summed E-state index contributed by atoms with van der Waals surface area (Å²) >= 11 is 0. The van der Waals surface area contributed by atoms with Crippen molar-refractivity contribution in [3.8, 4) is 0 Å². The van der Waals surface area contributed by atoms with Gasteiger partial charge in [-0.25, -0.2) is 0 Å². The number of carbonyl (C=O) groups is 1. The fourth-order valence-corrected chi connectivity index (χ4v) is 1.34. The lowest BCUT2D eigenvalue weighted by Crippen LogP contribution is -2.16. The van der Waals surface area contributed by atoms with Crippen LogP contribution in [0.15, 0.2) is 29.0 Å². The Hall–Kier alpha value is -2.37. The molecule has 2 rings (SSSR count). The Morgan fingerprint density at radius 2 is 2.31 bits per heavy atom. The Kier molecular flexibility index (Phi) is 2.55. The number of rotatable bonds is 3. The standard InChI is InChI=1S/C10H10N4O2/c11-9-7(10(12)15)5-13-14-8(9)4-6-2-1-3-16-6/h1-3,5H,4H2,(H2,11,13)(H2,12,15). The van der Waals surface area contributed by atoms with Crippen molar-refractivity contribution in [3.63, 3.8) is 0 Å². The lowest BCUT2D eigenvalue weighted by molar-refractivity contribution is 0.100. The van der Waals surface area contributed by atoms with Gasteiger partial charge in [0.1, 0.15) is 5.76 Å². The van der Waals surface area contributed by atoms with E-state index >= 15 is 0 Å². The van der Waals surface area contributed by atoms with Crippen LogP contribution < -0.4 is 11.5 Å². The van der Waals surface area contributed by atoms with E-state index in [0.717, 1.165) is 0 Å². The molecule has 0 radical (unpaired) electrons. The smallest absolute Gasteiger partial charge is 0.252 e. The average molecular weight is 218 g/mol. The molecule has 2 aromatic heterocycles. The summed E-state index contributed by atoms with van der Waals surface area (Å²) in [5.41, 5.74) is 11.8. The number of furan rings is 1. The minimum Gasteiger partial charge on any atom is -0.469 e. The quantitative estimate of drug-likeness (QED) is 0.772. The minimum absolute atomic E-state index is 0.177. The summed E-state index contributed by atoms with van der Waals surface area (Å²) < 4.78 is 5.15. The van der Waals surface area contributed by atoms with Crippen molar-refractivity contribution in [2.75, 3.05) is 5.73 Å². The number of nitrogen functional groups attached to an aromatic ring is 1. The van der Waals surface area contributed by atoms with E-state index in [1.54, 1.807) is 18.4 Å². The maximum absolute atomic E-state index is 11.0. The van der Waals surface area contributed by atoms with Crippen LogP contribution in [0.3, 0.4) is 0 Å². The highest BCUT2D eigenvalue weighted by Crippen LogP contribution is 2.17. The summed E-state index contributed by atoms with van der Waals surface area (Å²) in [6.07, 6.45) is 3.19. The first-order chi connectivity index (χ1) is 7.68. The first-order valence-electron chi connectivity index (χ1n) is 4.60. The number of hydrogen-bond donors (Lipinski definition) is 2. The van der Waals surface area contributed by atoms with E-state index in [1.165, 1.54) is 6.20 Å². The molecule has 0 bridgehead atoms. The lowest BCUT2D eigenvalue weighted by Gasteiger charge is -2.04. The van der Waals surface area contributed by atoms with Crippen LogP contribution in [-0.4, -0.2) is 16.1 Å². The Labute approximate surface area is 91.3 Å². The highest BCUT2D eigenvalue weighted by molar-refractivity contribution is 5.97. The maximum atomic E-state index is 11.0. The highest BCUT2D eigenvalue weighted by atomic mass is 16.3.